The molecule has 1 N–H and O–H groups in total. The summed E-state index contributed by atoms with van der Waals surface area (Å²) < 4.78 is 39.2. The minimum atomic E-state index is -4.23. The monoisotopic (exact) mass is 219 g/mol. The second-order valence-corrected chi connectivity index (χ2v) is 3.95. The third-order valence-corrected chi connectivity index (χ3v) is 2.50. The lowest BCUT2D eigenvalue weighted by atomic mass is 10.1. The maximum atomic E-state index is 12.7. The van der Waals surface area contributed by atoms with Gasteiger partial charge in [0.05, 0.1) is 5.69 Å². The van der Waals surface area contributed by atoms with Crippen LogP contribution < -0.4 is 5.32 Å². The molecule has 0 amide bonds. The number of aryl methyl sites for hydroxylation is 1. The maximum absolute atomic E-state index is 12.7. The van der Waals surface area contributed by atoms with E-state index in [0.29, 0.717) is 11.5 Å². The molecule has 2 unspecified atom stereocenters. The van der Waals surface area contributed by atoms with Gasteiger partial charge in [0.15, 0.2) is 6.04 Å². The van der Waals surface area contributed by atoms with E-state index in [1.165, 1.54) is 0 Å². The molecule has 6 heteroatoms. The number of halogens is 3. The fourth-order valence-electron chi connectivity index (χ4n) is 1.88. The molecule has 0 spiro atoms. The van der Waals surface area contributed by atoms with E-state index in [1.54, 1.807) is 19.9 Å². The first-order valence-electron chi connectivity index (χ1n) is 4.77. The minimum absolute atomic E-state index is 0.0254. The summed E-state index contributed by atoms with van der Waals surface area (Å²) in [6.45, 7) is 3.43. The third-order valence-electron chi connectivity index (χ3n) is 2.50. The highest BCUT2D eigenvalue weighted by Crippen LogP contribution is 2.39. The summed E-state index contributed by atoms with van der Waals surface area (Å²) in [6.07, 6.45) is -4.21. The highest BCUT2D eigenvalue weighted by molar-refractivity contribution is 5.40. The van der Waals surface area contributed by atoms with Crippen molar-refractivity contribution >= 4 is 5.82 Å². The molecular weight excluding hydrogens is 207 g/mol. The number of hydrogen-bond donors (Lipinski definition) is 1. The number of nitrogens with one attached hydrogen (secondary N) is 1. The second kappa shape index (κ2) is 3.15. The third kappa shape index (κ3) is 1.80. The van der Waals surface area contributed by atoms with E-state index in [0.717, 1.165) is 4.68 Å². The molecule has 0 bridgehead atoms. The Balaban J connectivity index is 2.42. The van der Waals surface area contributed by atoms with Gasteiger partial charge in [-0.2, -0.15) is 18.3 Å². The van der Waals surface area contributed by atoms with Gasteiger partial charge in [0, 0.05) is 12.1 Å². The first kappa shape index (κ1) is 10.3. The molecule has 3 nitrogen and oxygen atoms in total. The lowest BCUT2D eigenvalue weighted by Crippen LogP contribution is -2.37. The van der Waals surface area contributed by atoms with Crippen LogP contribution in [0, 0.1) is 6.92 Å². The normalized spacial score (nSPS) is 25.9. The Bertz CT molecular complexity index is 369. The molecule has 0 saturated carbocycles. The molecule has 0 aliphatic carbocycles. The largest absolute Gasteiger partial charge is 0.410 e. The number of hydrogen-bond acceptors (Lipinski definition) is 2. The second-order valence-electron chi connectivity index (χ2n) is 3.95. The van der Waals surface area contributed by atoms with Crippen LogP contribution in [0.4, 0.5) is 19.0 Å². The Morgan fingerprint density at radius 1 is 1.53 bits per heavy atom. The van der Waals surface area contributed by atoms with Crippen LogP contribution in [0.3, 0.4) is 0 Å². The molecule has 2 rings (SSSR count). The van der Waals surface area contributed by atoms with E-state index < -0.39 is 12.2 Å². The van der Waals surface area contributed by atoms with E-state index in [9.17, 15) is 13.2 Å². The number of nitrogens with zero attached hydrogens (tertiary/aromatic N) is 2. The van der Waals surface area contributed by atoms with Crippen LogP contribution in [-0.4, -0.2) is 22.0 Å². The van der Waals surface area contributed by atoms with Crippen LogP contribution in [0.1, 0.15) is 25.1 Å². The molecule has 1 aliphatic rings. The molecule has 1 aromatic heterocycles. The van der Waals surface area contributed by atoms with Gasteiger partial charge in [0.1, 0.15) is 5.82 Å². The van der Waals surface area contributed by atoms with Gasteiger partial charge in [0.2, 0.25) is 0 Å². The zero-order valence-corrected chi connectivity index (χ0v) is 8.47. The molecule has 0 radical (unpaired) electrons. The van der Waals surface area contributed by atoms with Crippen LogP contribution in [-0.2, 0) is 0 Å². The number of alkyl halides is 3. The Morgan fingerprint density at radius 2 is 2.20 bits per heavy atom. The molecule has 15 heavy (non-hydrogen) atoms. The molecule has 1 aromatic rings. The zero-order chi connectivity index (χ0) is 11.2. The van der Waals surface area contributed by atoms with Gasteiger partial charge in [-0.05, 0) is 20.3 Å². The quantitative estimate of drug-likeness (QED) is 0.726. The van der Waals surface area contributed by atoms with E-state index >= 15 is 0 Å². The van der Waals surface area contributed by atoms with Gasteiger partial charge in [-0.25, -0.2) is 4.68 Å². The molecule has 0 fully saturated rings. The summed E-state index contributed by atoms with van der Waals surface area (Å²) in [5.41, 5.74) is 0.598. The van der Waals surface area contributed by atoms with Gasteiger partial charge in [-0.3, -0.25) is 0 Å². The summed E-state index contributed by atoms with van der Waals surface area (Å²) in [6, 6.07) is -0.0494. The number of anilines is 1. The highest BCUT2D eigenvalue weighted by atomic mass is 19.4. The van der Waals surface area contributed by atoms with Crippen molar-refractivity contribution in [3.05, 3.63) is 11.8 Å². The number of fused-ring (bicyclic) bond motifs is 1. The van der Waals surface area contributed by atoms with Crippen molar-refractivity contribution in [2.24, 2.45) is 0 Å². The van der Waals surface area contributed by atoms with Crippen LogP contribution in [0.2, 0.25) is 0 Å². The minimum Gasteiger partial charge on any atom is -0.368 e. The lowest BCUT2D eigenvalue weighted by Gasteiger charge is -2.31. The lowest BCUT2D eigenvalue weighted by molar-refractivity contribution is -0.173. The standard InChI is InChI=1S/C9H12F3N3/c1-5-3-7(9(10,11)12)15-8(13-5)4-6(2)14-15/h4-5,7,13H,3H2,1-2H3. The summed E-state index contributed by atoms with van der Waals surface area (Å²) in [5, 5.41) is 6.85. The van der Waals surface area contributed by atoms with Crippen LogP contribution in [0.25, 0.3) is 0 Å². The Morgan fingerprint density at radius 3 is 2.80 bits per heavy atom. The molecule has 1 aliphatic heterocycles. The van der Waals surface area contributed by atoms with Gasteiger partial charge in [-0.1, -0.05) is 0 Å². The average molecular weight is 219 g/mol. The molecule has 0 aromatic carbocycles. The molecule has 2 heterocycles. The first-order valence-corrected chi connectivity index (χ1v) is 4.77. The highest BCUT2D eigenvalue weighted by Gasteiger charge is 2.45. The van der Waals surface area contributed by atoms with Crippen molar-refractivity contribution in [1.29, 1.82) is 0 Å². The predicted octanol–water partition coefficient (Wildman–Crippen LogP) is 2.50. The summed E-state index contributed by atoms with van der Waals surface area (Å²) in [7, 11) is 0. The zero-order valence-electron chi connectivity index (χ0n) is 8.47. The van der Waals surface area contributed by atoms with Crippen LogP contribution in [0.15, 0.2) is 6.07 Å². The molecule has 0 saturated heterocycles. The van der Waals surface area contributed by atoms with Gasteiger partial charge in [0.25, 0.3) is 0 Å². The molecule has 2 atom stereocenters. The molecule has 84 valence electrons. The van der Waals surface area contributed by atoms with E-state index in [4.69, 9.17) is 0 Å². The van der Waals surface area contributed by atoms with E-state index in [2.05, 4.69) is 10.4 Å². The number of aromatic nitrogens is 2. The van der Waals surface area contributed by atoms with Crippen molar-refractivity contribution in [3.63, 3.8) is 0 Å². The average Bonchev–Trinajstić information content (AvgIpc) is 2.41. The van der Waals surface area contributed by atoms with E-state index in [1.807, 2.05) is 0 Å². The fourth-order valence-corrected chi connectivity index (χ4v) is 1.88. The fraction of sp³-hybridized carbons (Fsp3) is 0.667. The van der Waals surface area contributed by atoms with Gasteiger partial charge < -0.3 is 5.32 Å². The predicted molar refractivity (Wildman–Crippen MR) is 49.8 cm³/mol. The summed E-state index contributed by atoms with van der Waals surface area (Å²) in [5.74, 6) is 0.452. The van der Waals surface area contributed by atoms with Gasteiger partial charge >= 0.3 is 6.18 Å². The van der Waals surface area contributed by atoms with E-state index in [-0.39, 0.29) is 12.5 Å². The Kier molecular flexibility index (Phi) is 2.17. The van der Waals surface area contributed by atoms with Crippen LogP contribution >= 0.6 is 0 Å². The summed E-state index contributed by atoms with van der Waals surface area (Å²) in [4.78, 5) is 0. The van der Waals surface area contributed by atoms with Crippen molar-refractivity contribution in [2.45, 2.75) is 38.5 Å². The van der Waals surface area contributed by atoms with Crippen molar-refractivity contribution in [1.82, 2.24) is 9.78 Å². The maximum Gasteiger partial charge on any atom is 0.410 e. The van der Waals surface area contributed by atoms with Crippen LogP contribution in [0.5, 0.6) is 0 Å². The topological polar surface area (TPSA) is 29.9 Å². The first-order chi connectivity index (χ1) is 6.88. The van der Waals surface area contributed by atoms with Gasteiger partial charge in [-0.15, -0.1) is 0 Å². The smallest absolute Gasteiger partial charge is 0.368 e. The summed E-state index contributed by atoms with van der Waals surface area (Å²) >= 11 is 0. The number of rotatable bonds is 0. The SMILES string of the molecule is Cc1cc2n(n1)C(C(F)(F)F)CC(C)N2. The Hall–Kier alpha value is -1.20. The Labute approximate surface area is 85.3 Å². The van der Waals surface area contributed by atoms with Crippen molar-refractivity contribution in [2.75, 3.05) is 5.32 Å². The van der Waals surface area contributed by atoms with Crippen molar-refractivity contribution in [3.8, 4) is 0 Å². The molecular formula is C9H12F3N3. The van der Waals surface area contributed by atoms with Crippen molar-refractivity contribution < 1.29 is 13.2 Å².